The average molecular weight is 264 g/mol. The lowest BCUT2D eigenvalue weighted by molar-refractivity contribution is 0.647. The van der Waals surface area contributed by atoms with E-state index in [1.54, 1.807) is 0 Å². The molecule has 3 heteroatoms. The molecule has 1 aliphatic heterocycles. The van der Waals surface area contributed by atoms with Crippen molar-refractivity contribution in [2.75, 3.05) is 30.3 Å². The number of aryl methyl sites for hydroxylation is 1. The van der Waals surface area contributed by atoms with Gasteiger partial charge in [-0.3, -0.25) is 0 Å². The molecule has 1 heterocycles. The van der Waals surface area contributed by atoms with Crippen LogP contribution in [0.1, 0.15) is 25.0 Å². The number of thioether (sulfide) groups is 1. The highest BCUT2D eigenvalue weighted by atomic mass is 32.2. The molecule has 1 saturated heterocycles. The zero-order chi connectivity index (χ0) is 13.2. The first-order chi connectivity index (χ1) is 8.52. The first-order valence-corrected chi connectivity index (χ1v) is 7.69. The predicted molar refractivity (Wildman–Crippen MR) is 82.7 cm³/mol. The molecule has 0 radical (unpaired) electrons. The standard InChI is InChI=1S/C15H24N2S/c1-12-10-14(5-4-13(12)6-7-16)17-8-9-18-15(2,3)11-17/h4-5,10H,6-9,11,16H2,1-3H3. The molecule has 100 valence electrons. The molecule has 0 unspecified atom stereocenters. The first-order valence-electron chi connectivity index (χ1n) is 6.70. The van der Waals surface area contributed by atoms with Crippen molar-refractivity contribution in [3.05, 3.63) is 29.3 Å². The highest BCUT2D eigenvalue weighted by Gasteiger charge is 2.27. The van der Waals surface area contributed by atoms with Gasteiger partial charge in [0.05, 0.1) is 0 Å². The molecule has 0 amide bonds. The van der Waals surface area contributed by atoms with Crippen molar-refractivity contribution in [3.8, 4) is 0 Å². The Morgan fingerprint density at radius 2 is 2.17 bits per heavy atom. The van der Waals surface area contributed by atoms with Crippen LogP contribution < -0.4 is 10.6 Å². The lowest BCUT2D eigenvalue weighted by atomic mass is 10.0. The Bertz CT molecular complexity index is 415. The molecule has 0 aromatic heterocycles. The summed E-state index contributed by atoms with van der Waals surface area (Å²) in [6.45, 7) is 9.88. The van der Waals surface area contributed by atoms with Crippen LogP contribution >= 0.6 is 11.8 Å². The van der Waals surface area contributed by atoms with Gasteiger partial charge in [-0.1, -0.05) is 6.07 Å². The van der Waals surface area contributed by atoms with Gasteiger partial charge in [0, 0.05) is 29.3 Å². The van der Waals surface area contributed by atoms with Gasteiger partial charge in [0.2, 0.25) is 0 Å². The third kappa shape index (κ3) is 3.21. The second kappa shape index (κ2) is 5.54. The summed E-state index contributed by atoms with van der Waals surface area (Å²) in [5.41, 5.74) is 9.75. The Morgan fingerprint density at radius 3 is 2.78 bits per heavy atom. The second-order valence-corrected chi connectivity index (χ2v) is 7.48. The molecule has 1 aromatic carbocycles. The van der Waals surface area contributed by atoms with E-state index in [1.165, 1.54) is 22.6 Å². The second-order valence-electron chi connectivity index (χ2n) is 5.68. The molecule has 18 heavy (non-hydrogen) atoms. The third-order valence-corrected chi connectivity index (χ3v) is 4.83. The van der Waals surface area contributed by atoms with Gasteiger partial charge in [-0.15, -0.1) is 0 Å². The number of hydrogen-bond acceptors (Lipinski definition) is 3. The van der Waals surface area contributed by atoms with Crippen LogP contribution in [0.15, 0.2) is 18.2 Å². The molecule has 0 aliphatic carbocycles. The van der Waals surface area contributed by atoms with Crippen molar-refractivity contribution in [1.29, 1.82) is 0 Å². The van der Waals surface area contributed by atoms with Crippen LogP contribution in [0, 0.1) is 6.92 Å². The average Bonchev–Trinajstić information content (AvgIpc) is 2.30. The molecule has 1 aromatic rings. The maximum atomic E-state index is 5.63. The summed E-state index contributed by atoms with van der Waals surface area (Å²) in [5, 5.41) is 0. The van der Waals surface area contributed by atoms with E-state index in [0.717, 1.165) is 26.1 Å². The summed E-state index contributed by atoms with van der Waals surface area (Å²) in [6.07, 6.45) is 0.980. The Labute approximate surface area is 115 Å². The SMILES string of the molecule is Cc1cc(N2CCSC(C)(C)C2)ccc1CCN. The maximum absolute atomic E-state index is 5.63. The number of hydrogen-bond donors (Lipinski definition) is 1. The lowest BCUT2D eigenvalue weighted by Gasteiger charge is -2.39. The normalized spacial score (nSPS) is 19.0. The van der Waals surface area contributed by atoms with E-state index < -0.39 is 0 Å². The van der Waals surface area contributed by atoms with Gasteiger partial charge in [-0.25, -0.2) is 0 Å². The van der Waals surface area contributed by atoms with Crippen LogP contribution in [-0.2, 0) is 6.42 Å². The molecule has 1 fully saturated rings. The third-order valence-electron chi connectivity index (χ3n) is 3.53. The fourth-order valence-electron chi connectivity index (χ4n) is 2.55. The van der Waals surface area contributed by atoms with Crippen molar-refractivity contribution in [2.24, 2.45) is 5.73 Å². The first kappa shape index (κ1) is 13.8. The Morgan fingerprint density at radius 1 is 1.39 bits per heavy atom. The molecule has 2 rings (SSSR count). The summed E-state index contributed by atoms with van der Waals surface area (Å²) in [7, 11) is 0. The summed E-state index contributed by atoms with van der Waals surface area (Å²) in [5.74, 6) is 1.22. The molecule has 2 N–H and O–H groups in total. The van der Waals surface area contributed by atoms with Crippen LogP contribution in [0.25, 0.3) is 0 Å². The number of nitrogens with two attached hydrogens (primary N) is 1. The number of benzene rings is 1. The topological polar surface area (TPSA) is 29.3 Å². The monoisotopic (exact) mass is 264 g/mol. The van der Waals surface area contributed by atoms with E-state index in [2.05, 4.69) is 55.6 Å². The van der Waals surface area contributed by atoms with Crippen LogP contribution in [0.2, 0.25) is 0 Å². The van der Waals surface area contributed by atoms with Crippen molar-refractivity contribution < 1.29 is 0 Å². The van der Waals surface area contributed by atoms with Crippen LogP contribution in [0.4, 0.5) is 5.69 Å². The van der Waals surface area contributed by atoms with Crippen molar-refractivity contribution in [1.82, 2.24) is 0 Å². The smallest absolute Gasteiger partial charge is 0.0369 e. The van der Waals surface area contributed by atoms with E-state index in [0.29, 0.717) is 4.75 Å². The Hall–Kier alpha value is -0.670. The van der Waals surface area contributed by atoms with Crippen molar-refractivity contribution in [3.63, 3.8) is 0 Å². The fourth-order valence-corrected chi connectivity index (χ4v) is 3.66. The minimum Gasteiger partial charge on any atom is -0.369 e. The molecular formula is C15H24N2S. The van der Waals surface area contributed by atoms with E-state index in [9.17, 15) is 0 Å². The predicted octanol–water partition coefficient (Wildman–Crippen LogP) is 2.83. The Balaban J connectivity index is 2.16. The number of nitrogens with zero attached hydrogens (tertiary/aromatic N) is 1. The number of rotatable bonds is 3. The maximum Gasteiger partial charge on any atom is 0.0369 e. The minimum atomic E-state index is 0.363. The van der Waals surface area contributed by atoms with Crippen LogP contribution in [0.3, 0.4) is 0 Å². The molecule has 0 atom stereocenters. The zero-order valence-electron chi connectivity index (χ0n) is 11.7. The van der Waals surface area contributed by atoms with E-state index in [1.807, 2.05) is 0 Å². The summed E-state index contributed by atoms with van der Waals surface area (Å²) in [4.78, 5) is 2.51. The van der Waals surface area contributed by atoms with Gasteiger partial charge in [-0.05, 0) is 57.0 Å². The van der Waals surface area contributed by atoms with Crippen molar-refractivity contribution >= 4 is 17.4 Å². The lowest BCUT2D eigenvalue weighted by Crippen LogP contribution is -2.43. The number of anilines is 1. The molecule has 0 bridgehead atoms. The Kier molecular flexibility index (Phi) is 4.23. The quantitative estimate of drug-likeness (QED) is 0.910. The largest absolute Gasteiger partial charge is 0.369 e. The van der Waals surface area contributed by atoms with Gasteiger partial charge in [0.15, 0.2) is 0 Å². The minimum absolute atomic E-state index is 0.363. The molecular weight excluding hydrogens is 240 g/mol. The summed E-state index contributed by atoms with van der Waals surface area (Å²) < 4.78 is 0.363. The zero-order valence-corrected chi connectivity index (χ0v) is 12.5. The van der Waals surface area contributed by atoms with Gasteiger partial charge in [-0.2, -0.15) is 11.8 Å². The van der Waals surface area contributed by atoms with E-state index in [4.69, 9.17) is 5.73 Å². The van der Waals surface area contributed by atoms with Gasteiger partial charge >= 0.3 is 0 Å². The highest BCUT2D eigenvalue weighted by molar-refractivity contribution is 8.00. The highest BCUT2D eigenvalue weighted by Crippen LogP contribution is 2.32. The van der Waals surface area contributed by atoms with E-state index in [-0.39, 0.29) is 0 Å². The summed E-state index contributed by atoms with van der Waals surface area (Å²) in [6, 6.07) is 6.81. The molecule has 1 aliphatic rings. The molecule has 0 spiro atoms. The van der Waals surface area contributed by atoms with Gasteiger partial charge < -0.3 is 10.6 Å². The summed E-state index contributed by atoms with van der Waals surface area (Å²) >= 11 is 2.08. The van der Waals surface area contributed by atoms with Gasteiger partial charge in [0.1, 0.15) is 0 Å². The van der Waals surface area contributed by atoms with Crippen LogP contribution in [-0.4, -0.2) is 30.1 Å². The van der Waals surface area contributed by atoms with Crippen molar-refractivity contribution in [2.45, 2.75) is 31.9 Å². The van der Waals surface area contributed by atoms with Gasteiger partial charge in [0.25, 0.3) is 0 Å². The molecule has 0 saturated carbocycles. The van der Waals surface area contributed by atoms with E-state index >= 15 is 0 Å². The fraction of sp³-hybridized carbons (Fsp3) is 0.600. The molecule has 2 nitrogen and oxygen atoms in total. The van der Waals surface area contributed by atoms with Crippen LogP contribution in [0.5, 0.6) is 0 Å².